The Bertz CT molecular complexity index is 891. The highest BCUT2D eigenvalue weighted by Gasteiger charge is 2.15. The topological polar surface area (TPSA) is 64.4 Å². The van der Waals surface area contributed by atoms with Crippen molar-refractivity contribution in [3.63, 3.8) is 0 Å². The number of hydrogen-bond donors (Lipinski definition) is 0. The fourth-order valence-electron chi connectivity index (χ4n) is 2.37. The summed E-state index contributed by atoms with van der Waals surface area (Å²) in [6.45, 7) is 5.65. The quantitative estimate of drug-likeness (QED) is 0.499. The molecule has 150 valence electrons. The second-order valence-corrected chi connectivity index (χ2v) is 7.34. The third kappa shape index (κ3) is 5.59. The van der Waals surface area contributed by atoms with Crippen molar-refractivity contribution in [2.24, 2.45) is 0 Å². The van der Waals surface area contributed by atoms with Crippen LogP contribution in [-0.2, 0) is 20.9 Å². The summed E-state index contributed by atoms with van der Waals surface area (Å²) in [5.41, 5.74) is 2.16. The molecule has 0 radical (unpaired) electrons. The molecule has 0 atom stereocenters. The Labute approximate surface area is 174 Å². The minimum absolute atomic E-state index is 0.0344. The molecule has 0 aliphatic carbocycles. The SMILES string of the molecule is Cc1nn(Cc2ccccc2Cl)c(Cl)c1C=CC(=O)OCC(=O)N(C)C(C)C. The van der Waals surface area contributed by atoms with Crippen LogP contribution in [-0.4, -0.2) is 46.3 Å². The van der Waals surface area contributed by atoms with Crippen LogP contribution < -0.4 is 0 Å². The highest BCUT2D eigenvalue weighted by Crippen LogP contribution is 2.24. The lowest BCUT2D eigenvalue weighted by atomic mass is 10.2. The second kappa shape index (κ2) is 9.75. The minimum atomic E-state index is -0.625. The molecule has 1 amide bonds. The molecule has 0 aliphatic heterocycles. The molecular formula is C20H23Cl2N3O3. The Hall–Kier alpha value is -2.31. The first-order valence-electron chi connectivity index (χ1n) is 8.77. The third-order valence-electron chi connectivity index (χ3n) is 4.28. The standard InChI is InChI=1S/C20H23Cl2N3O3/c1-13(2)24(4)18(26)12-28-19(27)10-9-16-14(3)23-25(20(16)22)11-15-7-5-6-8-17(15)21/h5-10,13H,11-12H2,1-4H3. The maximum Gasteiger partial charge on any atom is 0.331 e. The molecule has 1 aromatic heterocycles. The summed E-state index contributed by atoms with van der Waals surface area (Å²) in [6.07, 6.45) is 2.77. The predicted molar refractivity (Wildman–Crippen MR) is 110 cm³/mol. The average molecular weight is 424 g/mol. The van der Waals surface area contributed by atoms with Gasteiger partial charge in [0.1, 0.15) is 5.15 Å². The van der Waals surface area contributed by atoms with E-state index in [0.29, 0.717) is 28.0 Å². The van der Waals surface area contributed by atoms with Crippen LogP contribution in [0.2, 0.25) is 10.2 Å². The lowest BCUT2D eigenvalue weighted by Gasteiger charge is -2.20. The molecule has 28 heavy (non-hydrogen) atoms. The van der Waals surface area contributed by atoms with Gasteiger partial charge in [0.2, 0.25) is 0 Å². The number of aromatic nitrogens is 2. The molecule has 0 aliphatic rings. The Morgan fingerprint density at radius 2 is 1.96 bits per heavy atom. The third-order valence-corrected chi connectivity index (χ3v) is 5.05. The summed E-state index contributed by atoms with van der Waals surface area (Å²) in [4.78, 5) is 25.3. The molecule has 0 saturated heterocycles. The zero-order valence-corrected chi connectivity index (χ0v) is 17.8. The van der Waals surface area contributed by atoms with Crippen LogP contribution in [0.1, 0.15) is 30.7 Å². The fourth-order valence-corrected chi connectivity index (χ4v) is 2.86. The van der Waals surface area contributed by atoms with E-state index in [4.69, 9.17) is 27.9 Å². The first kappa shape index (κ1) is 22.0. The summed E-state index contributed by atoms with van der Waals surface area (Å²) in [5, 5.41) is 5.42. The number of amides is 1. The average Bonchev–Trinajstić information content (AvgIpc) is 2.92. The van der Waals surface area contributed by atoms with Gasteiger partial charge in [-0.1, -0.05) is 41.4 Å². The Kier molecular flexibility index (Phi) is 7.66. The lowest BCUT2D eigenvalue weighted by Crippen LogP contribution is -2.36. The van der Waals surface area contributed by atoms with Gasteiger partial charge in [-0.3, -0.25) is 4.79 Å². The lowest BCUT2D eigenvalue weighted by molar-refractivity contribution is -0.148. The van der Waals surface area contributed by atoms with Gasteiger partial charge in [-0.2, -0.15) is 5.10 Å². The van der Waals surface area contributed by atoms with Crippen molar-refractivity contribution >= 4 is 41.2 Å². The highest BCUT2D eigenvalue weighted by molar-refractivity contribution is 6.32. The van der Waals surface area contributed by atoms with Crippen LogP contribution in [0.15, 0.2) is 30.3 Å². The number of carbonyl (C=O) groups excluding carboxylic acids is 2. The molecule has 8 heteroatoms. The largest absolute Gasteiger partial charge is 0.452 e. The van der Waals surface area contributed by atoms with E-state index in [0.717, 1.165) is 5.56 Å². The van der Waals surface area contributed by atoms with Gasteiger partial charge in [0.15, 0.2) is 6.61 Å². The van der Waals surface area contributed by atoms with Crippen LogP contribution in [0.25, 0.3) is 6.08 Å². The summed E-state index contributed by atoms with van der Waals surface area (Å²) >= 11 is 12.6. The number of nitrogens with zero attached hydrogens (tertiary/aromatic N) is 3. The number of aryl methyl sites for hydroxylation is 1. The van der Waals surface area contributed by atoms with Gasteiger partial charge in [0, 0.05) is 29.8 Å². The van der Waals surface area contributed by atoms with E-state index < -0.39 is 5.97 Å². The molecule has 0 N–H and O–H groups in total. The van der Waals surface area contributed by atoms with Crippen molar-refractivity contribution in [1.82, 2.24) is 14.7 Å². The highest BCUT2D eigenvalue weighted by atomic mass is 35.5. The molecule has 6 nitrogen and oxygen atoms in total. The molecule has 1 heterocycles. The van der Waals surface area contributed by atoms with Gasteiger partial charge in [-0.25, -0.2) is 9.48 Å². The zero-order chi connectivity index (χ0) is 20.8. The number of ether oxygens (including phenoxy) is 1. The first-order valence-corrected chi connectivity index (χ1v) is 9.53. The zero-order valence-electron chi connectivity index (χ0n) is 16.3. The van der Waals surface area contributed by atoms with Crippen molar-refractivity contribution < 1.29 is 14.3 Å². The van der Waals surface area contributed by atoms with E-state index >= 15 is 0 Å². The number of likely N-dealkylation sites (N-methyl/N-ethyl adjacent to an activating group) is 1. The summed E-state index contributed by atoms with van der Waals surface area (Å²) in [5.74, 6) is -0.890. The second-order valence-electron chi connectivity index (χ2n) is 6.58. The first-order chi connectivity index (χ1) is 13.2. The van der Waals surface area contributed by atoms with E-state index in [1.165, 1.54) is 17.1 Å². The summed E-state index contributed by atoms with van der Waals surface area (Å²) in [6, 6.07) is 7.47. The van der Waals surface area contributed by atoms with Gasteiger partial charge >= 0.3 is 5.97 Å². The molecule has 2 aromatic rings. The molecule has 0 fully saturated rings. The number of esters is 1. The molecule has 0 unspecified atom stereocenters. The van der Waals surface area contributed by atoms with Crippen molar-refractivity contribution in [2.45, 2.75) is 33.4 Å². The Balaban J connectivity index is 2.04. The molecule has 0 saturated carbocycles. The molecule has 0 spiro atoms. The van der Waals surface area contributed by atoms with Crippen molar-refractivity contribution in [3.8, 4) is 0 Å². The van der Waals surface area contributed by atoms with Crippen LogP contribution in [0.3, 0.4) is 0 Å². The van der Waals surface area contributed by atoms with Gasteiger partial charge in [-0.05, 0) is 38.5 Å². The van der Waals surface area contributed by atoms with Crippen molar-refractivity contribution in [1.29, 1.82) is 0 Å². The van der Waals surface area contributed by atoms with Gasteiger partial charge in [0.25, 0.3) is 5.91 Å². The maximum atomic E-state index is 11.9. The predicted octanol–water partition coefficient (Wildman–Crippen LogP) is 3.97. The Morgan fingerprint density at radius 1 is 1.29 bits per heavy atom. The number of carbonyl (C=O) groups is 2. The monoisotopic (exact) mass is 423 g/mol. The van der Waals surface area contributed by atoms with Crippen LogP contribution in [0.5, 0.6) is 0 Å². The van der Waals surface area contributed by atoms with Crippen molar-refractivity contribution in [3.05, 3.63) is 57.3 Å². The maximum absolute atomic E-state index is 11.9. The summed E-state index contributed by atoms with van der Waals surface area (Å²) in [7, 11) is 1.66. The smallest absolute Gasteiger partial charge is 0.331 e. The molecule has 2 rings (SSSR count). The van der Waals surface area contributed by atoms with Gasteiger partial charge in [0.05, 0.1) is 12.2 Å². The number of halogens is 2. The molecular weight excluding hydrogens is 401 g/mol. The van der Waals surface area contributed by atoms with E-state index in [-0.39, 0.29) is 18.6 Å². The summed E-state index contributed by atoms with van der Waals surface area (Å²) < 4.78 is 6.61. The van der Waals surface area contributed by atoms with Gasteiger partial charge < -0.3 is 9.64 Å². The van der Waals surface area contributed by atoms with E-state index in [1.54, 1.807) is 24.7 Å². The van der Waals surface area contributed by atoms with Crippen LogP contribution in [0, 0.1) is 6.92 Å². The van der Waals surface area contributed by atoms with Crippen LogP contribution >= 0.6 is 23.2 Å². The van der Waals surface area contributed by atoms with Gasteiger partial charge in [-0.15, -0.1) is 0 Å². The number of benzene rings is 1. The molecule has 1 aromatic carbocycles. The Morgan fingerprint density at radius 3 is 2.61 bits per heavy atom. The number of hydrogen-bond acceptors (Lipinski definition) is 4. The van der Waals surface area contributed by atoms with Crippen LogP contribution in [0.4, 0.5) is 0 Å². The minimum Gasteiger partial charge on any atom is -0.452 e. The van der Waals surface area contributed by atoms with E-state index in [9.17, 15) is 9.59 Å². The van der Waals surface area contributed by atoms with Crippen molar-refractivity contribution in [2.75, 3.05) is 13.7 Å². The normalized spacial score (nSPS) is 11.2. The molecule has 0 bridgehead atoms. The number of rotatable bonds is 7. The van der Waals surface area contributed by atoms with E-state index in [1.807, 2.05) is 32.0 Å². The fraction of sp³-hybridized carbons (Fsp3) is 0.350. The van der Waals surface area contributed by atoms with E-state index in [2.05, 4.69) is 5.10 Å².